The van der Waals surface area contributed by atoms with Crippen molar-refractivity contribution in [2.45, 2.75) is 105 Å². The predicted octanol–water partition coefficient (Wildman–Crippen LogP) is 6.93. The van der Waals surface area contributed by atoms with E-state index in [-0.39, 0.29) is 40.5 Å². The first-order valence-corrected chi connectivity index (χ1v) is 12.5. The van der Waals surface area contributed by atoms with E-state index in [1.165, 1.54) is 44.5 Å². The Labute approximate surface area is 222 Å². The van der Waals surface area contributed by atoms with Crippen molar-refractivity contribution in [1.82, 2.24) is 0 Å². The quantitative estimate of drug-likeness (QED) is 0.294. The van der Waals surface area contributed by atoms with E-state index in [4.69, 9.17) is 0 Å². The molecule has 0 N–H and O–H groups in total. The minimum absolute atomic E-state index is 0. The van der Waals surface area contributed by atoms with Gasteiger partial charge in [0.1, 0.15) is 0 Å². The maximum atomic E-state index is 2.40. The van der Waals surface area contributed by atoms with Gasteiger partial charge >= 0.3 is 18.9 Å². The Hall–Kier alpha value is -1.61. The fourth-order valence-corrected chi connectivity index (χ4v) is 4.12. The summed E-state index contributed by atoms with van der Waals surface area (Å²) in [5.41, 5.74) is 11.3. The van der Waals surface area contributed by atoms with Crippen LogP contribution in [0.4, 0.5) is 0 Å². The molecule has 0 amide bonds. The summed E-state index contributed by atoms with van der Waals surface area (Å²) in [6, 6.07) is 21.3. The average Bonchev–Trinajstić information content (AvgIpc) is 3.15. The second kappa shape index (κ2) is 9.45. The molecular formula is C33H45Li. The Bertz CT molecular complexity index is 975. The zero-order chi connectivity index (χ0) is 25.0. The first-order valence-electron chi connectivity index (χ1n) is 12.5. The molecule has 0 saturated carbocycles. The minimum atomic E-state index is 0. The summed E-state index contributed by atoms with van der Waals surface area (Å²) in [6.07, 6.45) is 0. The van der Waals surface area contributed by atoms with Crippen molar-refractivity contribution < 1.29 is 18.9 Å². The van der Waals surface area contributed by atoms with E-state index in [9.17, 15) is 0 Å². The molecule has 0 radical (unpaired) electrons. The van der Waals surface area contributed by atoms with Crippen molar-refractivity contribution in [2.24, 2.45) is 0 Å². The maximum Gasteiger partial charge on any atom is 1.00 e. The van der Waals surface area contributed by atoms with E-state index in [1.54, 1.807) is 0 Å². The SMILES string of the molecule is CC(C)(C)c1cc(-c2ccc(-c3cc(C(C)(C)C)cc(C(C)(C)C)c3)[cH-]2)cc(C(C)(C)C)c1.[Li+]. The molecule has 0 fully saturated rings. The van der Waals surface area contributed by atoms with Crippen LogP contribution in [0.2, 0.25) is 0 Å². The van der Waals surface area contributed by atoms with Crippen LogP contribution in [-0.2, 0) is 21.7 Å². The molecule has 1 heteroatoms. The van der Waals surface area contributed by atoms with Gasteiger partial charge in [0.15, 0.2) is 0 Å². The summed E-state index contributed by atoms with van der Waals surface area (Å²) in [6.45, 7) is 27.7. The third-order valence-corrected chi connectivity index (χ3v) is 6.75. The molecule has 0 saturated heterocycles. The van der Waals surface area contributed by atoms with Gasteiger partial charge in [-0.25, -0.2) is 0 Å². The van der Waals surface area contributed by atoms with Crippen molar-refractivity contribution in [3.63, 3.8) is 0 Å². The molecule has 0 aliphatic rings. The molecule has 0 heterocycles. The Balaban J connectivity index is 0.00000408. The van der Waals surface area contributed by atoms with Gasteiger partial charge in [-0.3, -0.25) is 0 Å². The van der Waals surface area contributed by atoms with Crippen LogP contribution in [0.1, 0.15) is 105 Å². The first kappa shape index (κ1) is 28.6. The van der Waals surface area contributed by atoms with Gasteiger partial charge in [0.2, 0.25) is 0 Å². The summed E-state index contributed by atoms with van der Waals surface area (Å²) >= 11 is 0. The Morgan fingerprint density at radius 3 is 0.853 bits per heavy atom. The topological polar surface area (TPSA) is 0 Å². The molecule has 3 aromatic rings. The minimum Gasteiger partial charge on any atom is -0.152 e. The van der Waals surface area contributed by atoms with E-state index in [0.717, 1.165) is 0 Å². The van der Waals surface area contributed by atoms with Crippen LogP contribution >= 0.6 is 0 Å². The molecule has 0 bridgehead atoms. The van der Waals surface area contributed by atoms with Crippen LogP contribution < -0.4 is 18.9 Å². The monoisotopic (exact) mass is 448 g/mol. The second-order valence-electron chi connectivity index (χ2n) is 14.0. The van der Waals surface area contributed by atoms with Gasteiger partial charge in [-0.1, -0.05) is 131 Å². The number of hydrogen-bond donors (Lipinski definition) is 0. The molecule has 0 atom stereocenters. The van der Waals surface area contributed by atoms with E-state index in [0.29, 0.717) is 0 Å². The van der Waals surface area contributed by atoms with Crippen LogP contribution in [0.25, 0.3) is 22.3 Å². The van der Waals surface area contributed by atoms with Gasteiger partial charge in [0, 0.05) is 0 Å². The average molecular weight is 449 g/mol. The molecule has 0 nitrogen and oxygen atoms in total. The molecule has 0 aliphatic carbocycles. The molecule has 0 aliphatic heterocycles. The summed E-state index contributed by atoms with van der Waals surface area (Å²) in [7, 11) is 0. The predicted molar refractivity (Wildman–Crippen MR) is 148 cm³/mol. The van der Waals surface area contributed by atoms with Gasteiger partial charge in [-0.05, 0) is 43.9 Å². The molecule has 34 heavy (non-hydrogen) atoms. The van der Waals surface area contributed by atoms with Gasteiger partial charge in [-0.2, -0.15) is 12.1 Å². The van der Waals surface area contributed by atoms with E-state index in [2.05, 4.69) is 138 Å². The van der Waals surface area contributed by atoms with Crippen molar-refractivity contribution in [3.05, 3.63) is 76.9 Å². The Morgan fingerprint density at radius 1 is 0.412 bits per heavy atom. The zero-order valence-electron chi connectivity index (χ0n) is 24.2. The van der Waals surface area contributed by atoms with Crippen LogP contribution in [0.15, 0.2) is 54.6 Å². The summed E-state index contributed by atoms with van der Waals surface area (Å²) in [5.74, 6) is 0. The van der Waals surface area contributed by atoms with Gasteiger partial charge in [-0.15, -0.1) is 17.2 Å². The zero-order valence-corrected chi connectivity index (χ0v) is 24.2. The van der Waals surface area contributed by atoms with Gasteiger partial charge in [0.25, 0.3) is 0 Å². The van der Waals surface area contributed by atoms with Crippen molar-refractivity contribution >= 4 is 0 Å². The van der Waals surface area contributed by atoms with Crippen molar-refractivity contribution in [2.75, 3.05) is 0 Å². The Morgan fingerprint density at radius 2 is 0.647 bits per heavy atom. The van der Waals surface area contributed by atoms with Crippen LogP contribution in [0, 0.1) is 0 Å². The molecule has 3 rings (SSSR count). The molecule has 0 aromatic heterocycles. The number of benzene rings is 2. The van der Waals surface area contributed by atoms with Crippen molar-refractivity contribution in [3.8, 4) is 22.3 Å². The molecule has 0 spiro atoms. The number of rotatable bonds is 2. The van der Waals surface area contributed by atoms with Crippen LogP contribution in [0.5, 0.6) is 0 Å². The summed E-state index contributed by atoms with van der Waals surface area (Å²) in [5, 5.41) is 0. The first-order chi connectivity index (χ1) is 14.9. The van der Waals surface area contributed by atoms with E-state index >= 15 is 0 Å². The van der Waals surface area contributed by atoms with Crippen LogP contribution in [0.3, 0.4) is 0 Å². The molecule has 3 aromatic carbocycles. The molecule has 0 unspecified atom stereocenters. The Kier molecular flexibility index (Phi) is 7.95. The van der Waals surface area contributed by atoms with Crippen molar-refractivity contribution in [1.29, 1.82) is 0 Å². The third-order valence-electron chi connectivity index (χ3n) is 6.75. The fourth-order valence-electron chi connectivity index (χ4n) is 4.12. The summed E-state index contributed by atoms with van der Waals surface area (Å²) < 4.78 is 0. The van der Waals surface area contributed by atoms with Gasteiger partial charge < -0.3 is 0 Å². The van der Waals surface area contributed by atoms with Crippen LogP contribution in [-0.4, -0.2) is 0 Å². The number of hydrogen-bond acceptors (Lipinski definition) is 0. The standard InChI is InChI=1S/C33H45.Li/c1-30(2,3)26-16-24(17-27(20-26)31(4,5)6)22-13-14-23(15-22)25-18-28(32(7,8)9)21-29(19-25)33(10,11)12;/h13-21H,1-12H3;/q-1;+1. The van der Waals surface area contributed by atoms with Gasteiger partial charge in [0.05, 0.1) is 0 Å². The second-order valence-corrected chi connectivity index (χ2v) is 14.0. The molecular weight excluding hydrogens is 403 g/mol. The maximum absolute atomic E-state index is 2.40. The van der Waals surface area contributed by atoms with E-state index < -0.39 is 0 Å². The summed E-state index contributed by atoms with van der Waals surface area (Å²) in [4.78, 5) is 0. The fraction of sp³-hybridized carbons (Fsp3) is 0.485. The van der Waals surface area contributed by atoms with E-state index in [1.807, 2.05) is 0 Å². The molecule has 178 valence electrons. The normalized spacial score (nSPS) is 13.1. The largest absolute Gasteiger partial charge is 1.00 e. The third kappa shape index (κ3) is 6.53. The smallest absolute Gasteiger partial charge is 0.152 e.